The number of hydrogen-bond donors (Lipinski definition) is 1. The molecule has 140 valence electrons. The van der Waals surface area contributed by atoms with E-state index in [0.717, 1.165) is 24.1 Å². The molecule has 26 heavy (non-hydrogen) atoms. The second-order valence-electron chi connectivity index (χ2n) is 5.84. The molecule has 0 spiro atoms. The molecular formula is C19H23NO4S2. The van der Waals surface area contributed by atoms with Gasteiger partial charge in [-0.1, -0.05) is 20.3 Å². The number of nitrogens with one attached hydrogen (secondary N) is 1. The van der Waals surface area contributed by atoms with Gasteiger partial charge in [0.2, 0.25) is 11.7 Å². The highest BCUT2D eigenvalue weighted by Gasteiger charge is 2.17. The minimum Gasteiger partial charge on any atom is -0.453 e. The number of rotatable bonds is 9. The van der Waals surface area contributed by atoms with Crippen LogP contribution >= 0.6 is 22.7 Å². The number of esters is 1. The molecule has 0 radical (unpaired) electrons. The fraction of sp³-hybridized carbons (Fsp3) is 0.421. The van der Waals surface area contributed by atoms with E-state index in [1.807, 2.05) is 6.07 Å². The van der Waals surface area contributed by atoms with Crippen LogP contribution in [0.4, 0.5) is 0 Å². The highest BCUT2D eigenvalue weighted by atomic mass is 32.1. The van der Waals surface area contributed by atoms with Crippen molar-refractivity contribution in [2.45, 2.75) is 46.6 Å². The molecule has 5 nitrogen and oxygen atoms in total. The fourth-order valence-corrected chi connectivity index (χ4v) is 4.53. The molecule has 2 rings (SSSR count). The summed E-state index contributed by atoms with van der Waals surface area (Å²) in [5, 5.41) is 2.69. The quantitative estimate of drug-likeness (QED) is 0.516. The number of carbonyl (C=O) groups is 3. The van der Waals surface area contributed by atoms with E-state index in [1.54, 1.807) is 12.1 Å². The van der Waals surface area contributed by atoms with Crippen LogP contribution in [0.15, 0.2) is 18.2 Å². The maximum Gasteiger partial charge on any atom is 0.348 e. The second-order valence-corrected chi connectivity index (χ2v) is 8.14. The van der Waals surface area contributed by atoms with Crippen molar-refractivity contribution in [2.24, 2.45) is 0 Å². The third-order valence-electron chi connectivity index (χ3n) is 3.74. The Morgan fingerprint density at radius 1 is 1.12 bits per heavy atom. The van der Waals surface area contributed by atoms with E-state index in [9.17, 15) is 14.4 Å². The van der Waals surface area contributed by atoms with Crippen molar-refractivity contribution in [3.63, 3.8) is 0 Å². The van der Waals surface area contributed by atoms with Gasteiger partial charge in [-0.25, -0.2) is 4.79 Å². The average Bonchev–Trinajstić information content (AvgIpc) is 3.24. The first-order valence-electron chi connectivity index (χ1n) is 8.59. The number of ketones is 1. The van der Waals surface area contributed by atoms with Crippen LogP contribution in [0.5, 0.6) is 0 Å². The zero-order chi connectivity index (χ0) is 19.1. The SMILES string of the molecule is CCCc1sc(C(=O)OCC(=O)c2ccc(CNC(C)=O)s2)cc1CC. The lowest BCUT2D eigenvalue weighted by atomic mass is 10.1. The van der Waals surface area contributed by atoms with Gasteiger partial charge in [-0.15, -0.1) is 22.7 Å². The number of Topliss-reactive ketones (excluding diaryl/α,β-unsaturated/α-hetero) is 1. The van der Waals surface area contributed by atoms with Crippen LogP contribution in [0.3, 0.4) is 0 Å². The number of amides is 1. The largest absolute Gasteiger partial charge is 0.453 e. The van der Waals surface area contributed by atoms with Gasteiger partial charge in [0.1, 0.15) is 4.88 Å². The lowest BCUT2D eigenvalue weighted by molar-refractivity contribution is -0.119. The summed E-state index contributed by atoms with van der Waals surface area (Å²) in [6.45, 7) is 5.73. The highest BCUT2D eigenvalue weighted by molar-refractivity contribution is 7.14. The van der Waals surface area contributed by atoms with Crippen LogP contribution in [0.2, 0.25) is 0 Å². The van der Waals surface area contributed by atoms with Crippen LogP contribution in [0.1, 0.15) is 61.9 Å². The first-order valence-corrected chi connectivity index (χ1v) is 10.2. The molecule has 1 N–H and O–H groups in total. The summed E-state index contributed by atoms with van der Waals surface area (Å²) in [4.78, 5) is 38.5. The van der Waals surface area contributed by atoms with Gasteiger partial charge in [0, 0.05) is 16.7 Å². The van der Waals surface area contributed by atoms with E-state index in [2.05, 4.69) is 19.2 Å². The Labute approximate surface area is 161 Å². The van der Waals surface area contributed by atoms with Crippen LogP contribution in [-0.2, 0) is 28.9 Å². The van der Waals surface area contributed by atoms with Crippen LogP contribution in [0, 0.1) is 0 Å². The fourth-order valence-electron chi connectivity index (χ4n) is 2.41. The standard InChI is InChI=1S/C19H23NO4S2/c1-4-6-16-13(5-2)9-18(26-16)19(23)24-11-15(22)17-8-7-14(25-17)10-20-12(3)21/h7-9H,4-6,10-11H2,1-3H3,(H,20,21). The van der Waals surface area contributed by atoms with Gasteiger partial charge in [0.15, 0.2) is 6.61 Å². The van der Waals surface area contributed by atoms with E-state index in [4.69, 9.17) is 4.74 Å². The molecule has 0 atom stereocenters. The smallest absolute Gasteiger partial charge is 0.348 e. The molecule has 0 fully saturated rings. The van der Waals surface area contributed by atoms with E-state index >= 15 is 0 Å². The van der Waals surface area contributed by atoms with Gasteiger partial charge in [-0.05, 0) is 36.6 Å². The Bertz CT molecular complexity index is 791. The third-order valence-corrected chi connectivity index (χ3v) is 6.08. The molecule has 0 bridgehead atoms. The van der Waals surface area contributed by atoms with E-state index in [1.165, 1.54) is 40.0 Å². The summed E-state index contributed by atoms with van der Waals surface area (Å²) in [6.07, 6.45) is 2.86. The van der Waals surface area contributed by atoms with Crippen LogP contribution < -0.4 is 5.32 Å². The number of thiophene rings is 2. The molecule has 0 saturated carbocycles. The van der Waals surface area contributed by atoms with Gasteiger partial charge >= 0.3 is 5.97 Å². The maximum atomic E-state index is 12.2. The number of aryl methyl sites for hydroxylation is 2. The summed E-state index contributed by atoms with van der Waals surface area (Å²) in [5.41, 5.74) is 1.18. The molecule has 0 aliphatic rings. The van der Waals surface area contributed by atoms with E-state index in [-0.39, 0.29) is 18.3 Å². The van der Waals surface area contributed by atoms with Crippen molar-refractivity contribution in [1.29, 1.82) is 0 Å². The van der Waals surface area contributed by atoms with Gasteiger partial charge in [0.05, 0.1) is 11.4 Å². The molecular weight excluding hydrogens is 370 g/mol. The molecule has 0 saturated heterocycles. The van der Waals surface area contributed by atoms with Crippen LogP contribution in [-0.4, -0.2) is 24.3 Å². The van der Waals surface area contributed by atoms with Crippen molar-refractivity contribution in [2.75, 3.05) is 6.61 Å². The molecule has 7 heteroatoms. The molecule has 2 aromatic heterocycles. The Hall–Kier alpha value is -1.99. The minimum absolute atomic E-state index is 0.120. The number of ether oxygens (including phenoxy) is 1. The zero-order valence-electron chi connectivity index (χ0n) is 15.2. The zero-order valence-corrected chi connectivity index (χ0v) is 16.9. The van der Waals surface area contributed by atoms with E-state index < -0.39 is 5.97 Å². The Morgan fingerprint density at radius 2 is 1.88 bits per heavy atom. The molecule has 0 aliphatic carbocycles. The number of hydrogen-bond acceptors (Lipinski definition) is 6. The lowest BCUT2D eigenvalue weighted by Crippen LogP contribution is -2.18. The van der Waals surface area contributed by atoms with Crippen molar-refractivity contribution in [1.82, 2.24) is 5.32 Å². The second kappa shape index (κ2) is 9.64. The van der Waals surface area contributed by atoms with Gasteiger partial charge in [-0.3, -0.25) is 9.59 Å². The monoisotopic (exact) mass is 393 g/mol. The van der Waals surface area contributed by atoms with E-state index in [0.29, 0.717) is 16.3 Å². The molecule has 1 amide bonds. The Morgan fingerprint density at radius 3 is 2.54 bits per heavy atom. The average molecular weight is 394 g/mol. The first kappa shape index (κ1) is 20.3. The summed E-state index contributed by atoms with van der Waals surface area (Å²) in [6, 6.07) is 5.36. The molecule has 2 aromatic rings. The Kier molecular flexibility index (Phi) is 7.53. The third kappa shape index (κ3) is 5.51. The topological polar surface area (TPSA) is 72.5 Å². The molecule has 0 aromatic carbocycles. The summed E-state index contributed by atoms with van der Waals surface area (Å²) in [5.74, 6) is -0.807. The molecule has 0 unspecified atom stereocenters. The molecule has 2 heterocycles. The van der Waals surface area contributed by atoms with Crippen molar-refractivity contribution in [3.8, 4) is 0 Å². The van der Waals surface area contributed by atoms with Crippen LogP contribution in [0.25, 0.3) is 0 Å². The number of carbonyl (C=O) groups excluding carboxylic acids is 3. The minimum atomic E-state index is -0.449. The van der Waals surface area contributed by atoms with Gasteiger partial charge in [-0.2, -0.15) is 0 Å². The first-order chi connectivity index (χ1) is 12.4. The highest BCUT2D eigenvalue weighted by Crippen LogP contribution is 2.25. The summed E-state index contributed by atoms with van der Waals surface area (Å²) < 4.78 is 5.20. The van der Waals surface area contributed by atoms with Gasteiger partial charge in [0.25, 0.3) is 0 Å². The predicted octanol–water partition coefficient (Wildman–Crippen LogP) is 4.00. The normalized spacial score (nSPS) is 10.6. The van der Waals surface area contributed by atoms with Gasteiger partial charge < -0.3 is 10.1 Å². The summed E-state index contributed by atoms with van der Waals surface area (Å²) in [7, 11) is 0. The lowest BCUT2D eigenvalue weighted by Gasteiger charge is -2.01. The van der Waals surface area contributed by atoms with Crippen molar-refractivity contribution < 1.29 is 19.1 Å². The Balaban J connectivity index is 1.92. The molecule has 0 aliphatic heterocycles. The summed E-state index contributed by atoms with van der Waals surface area (Å²) >= 11 is 2.75. The maximum absolute atomic E-state index is 12.2. The van der Waals surface area contributed by atoms with Crippen molar-refractivity contribution in [3.05, 3.63) is 43.3 Å². The van der Waals surface area contributed by atoms with Crippen molar-refractivity contribution >= 4 is 40.3 Å². The predicted molar refractivity (Wildman–Crippen MR) is 104 cm³/mol.